The Hall–Kier alpha value is -2.28. The molecular weight excluding hydrogens is 352 g/mol. The molecule has 1 unspecified atom stereocenters. The van der Waals surface area contributed by atoms with Gasteiger partial charge in [0, 0.05) is 5.56 Å². The summed E-state index contributed by atoms with van der Waals surface area (Å²) in [5.74, 6) is 6.42. The van der Waals surface area contributed by atoms with Crippen LogP contribution in [-0.4, -0.2) is 17.8 Å². The minimum Gasteiger partial charge on any atom is -0.489 e. The largest absolute Gasteiger partial charge is 0.489 e. The van der Waals surface area contributed by atoms with Crippen molar-refractivity contribution in [2.75, 3.05) is 6.61 Å². The van der Waals surface area contributed by atoms with Gasteiger partial charge in [-0.3, -0.25) is 0 Å². The zero-order valence-corrected chi connectivity index (χ0v) is 14.0. The Morgan fingerprint density at radius 1 is 0.957 bits per heavy atom. The van der Waals surface area contributed by atoms with Crippen LogP contribution in [0, 0.1) is 11.8 Å². The molecular formula is C20H15BrO2. The molecule has 0 spiro atoms. The van der Waals surface area contributed by atoms with Crippen molar-refractivity contribution in [2.24, 2.45) is 0 Å². The van der Waals surface area contributed by atoms with E-state index in [0.29, 0.717) is 5.75 Å². The van der Waals surface area contributed by atoms with Crippen molar-refractivity contribution in [1.29, 1.82) is 0 Å². The van der Waals surface area contributed by atoms with Gasteiger partial charge >= 0.3 is 0 Å². The topological polar surface area (TPSA) is 29.5 Å². The van der Waals surface area contributed by atoms with Gasteiger partial charge < -0.3 is 9.84 Å². The van der Waals surface area contributed by atoms with E-state index in [9.17, 15) is 5.11 Å². The molecule has 2 nitrogen and oxygen atoms in total. The van der Waals surface area contributed by atoms with Crippen LogP contribution in [0.2, 0.25) is 0 Å². The average Bonchev–Trinajstić information content (AvgIpc) is 2.60. The smallest absolute Gasteiger partial charge is 0.148 e. The molecule has 0 bridgehead atoms. The SMILES string of the molecule is OC(C#Cc1ccccc1)COc1ccc2ccccc2c1Br. The number of fused-ring (bicyclic) bond motifs is 1. The average molecular weight is 367 g/mol. The van der Waals surface area contributed by atoms with Crippen molar-refractivity contribution in [3.05, 3.63) is 76.8 Å². The Morgan fingerprint density at radius 2 is 1.70 bits per heavy atom. The first-order valence-electron chi connectivity index (χ1n) is 7.29. The van der Waals surface area contributed by atoms with Gasteiger partial charge in [-0.05, 0) is 44.9 Å². The van der Waals surface area contributed by atoms with E-state index in [1.807, 2.05) is 66.7 Å². The predicted molar refractivity (Wildman–Crippen MR) is 96.5 cm³/mol. The number of ether oxygens (including phenoxy) is 1. The standard InChI is InChI=1S/C20H15BrO2/c21-20-18-9-5-4-8-16(18)11-13-19(20)23-14-17(22)12-10-15-6-2-1-3-7-15/h1-9,11,13,17,22H,14H2. The Bertz CT molecular complexity index is 863. The van der Waals surface area contributed by atoms with Gasteiger partial charge in [0.1, 0.15) is 18.5 Å². The summed E-state index contributed by atoms with van der Waals surface area (Å²) in [5, 5.41) is 12.2. The minimum atomic E-state index is -0.839. The van der Waals surface area contributed by atoms with E-state index in [0.717, 1.165) is 20.8 Å². The van der Waals surface area contributed by atoms with Crippen molar-refractivity contribution >= 4 is 26.7 Å². The highest BCUT2D eigenvalue weighted by atomic mass is 79.9. The first-order valence-corrected chi connectivity index (χ1v) is 8.08. The van der Waals surface area contributed by atoms with Gasteiger partial charge in [0.15, 0.2) is 0 Å². The lowest BCUT2D eigenvalue weighted by atomic mass is 10.1. The fourth-order valence-corrected chi connectivity index (χ4v) is 2.83. The summed E-state index contributed by atoms with van der Waals surface area (Å²) in [7, 11) is 0. The van der Waals surface area contributed by atoms with Crippen molar-refractivity contribution in [2.45, 2.75) is 6.10 Å². The van der Waals surface area contributed by atoms with Crippen LogP contribution in [0.4, 0.5) is 0 Å². The second-order valence-corrected chi connectivity index (χ2v) is 5.85. The highest BCUT2D eigenvalue weighted by molar-refractivity contribution is 9.10. The van der Waals surface area contributed by atoms with Crippen LogP contribution >= 0.6 is 15.9 Å². The minimum absolute atomic E-state index is 0.122. The Morgan fingerprint density at radius 3 is 2.52 bits per heavy atom. The number of benzene rings is 3. The lowest BCUT2D eigenvalue weighted by Crippen LogP contribution is -2.15. The van der Waals surface area contributed by atoms with Crippen LogP contribution in [0.25, 0.3) is 10.8 Å². The summed E-state index contributed by atoms with van der Waals surface area (Å²) in [6.07, 6.45) is -0.839. The van der Waals surface area contributed by atoms with E-state index in [-0.39, 0.29) is 6.61 Å². The van der Waals surface area contributed by atoms with Crippen LogP contribution in [0.1, 0.15) is 5.56 Å². The highest BCUT2D eigenvalue weighted by Crippen LogP contribution is 2.33. The molecule has 0 saturated carbocycles. The summed E-state index contributed by atoms with van der Waals surface area (Å²) < 4.78 is 6.58. The van der Waals surface area contributed by atoms with E-state index in [1.54, 1.807) is 0 Å². The zero-order valence-electron chi connectivity index (χ0n) is 12.4. The first kappa shape index (κ1) is 15.6. The van der Waals surface area contributed by atoms with Gasteiger partial charge in [-0.15, -0.1) is 0 Å². The van der Waals surface area contributed by atoms with Crippen molar-refractivity contribution in [3.8, 4) is 17.6 Å². The molecule has 0 radical (unpaired) electrons. The molecule has 0 aliphatic carbocycles. The van der Waals surface area contributed by atoms with Gasteiger partial charge in [-0.25, -0.2) is 0 Å². The number of aliphatic hydroxyl groups is 1. The second kappa shape index (κ2) is 7.32. The quantitative estimate of drug-likeness (QED) is 0.696. The molecule has 0 aliphatic heterocycles. The lowest BCUT2D eigenvalue weighted by Gasteiger charge is -2.11. The molecule has 0 aromatic heterocycles. The van der Waals surface area contributed by atoms with E-state index in [1.165, 1.54) is 0 Å². The van der Waals surface area contributed by atoms with Crippen molar-refractivity contribution in [3.63, 3.8) is 0 Å². The maximum Gasteiger partial charge on any atom is 0.148 e. The Balaban J connectivity index is 1.69. The third kappa shape index (κ3) is 3.92. The monoisotopic (exact) mass is 366 g/mol. The predicted octanol–water partition coefficient (Wildman–Crippen LogP) is 4.39. The molecule has 0 amide bonds. The van der Waals surface area contributed by atoms with Gasteiger partial charge in [0.05, 0.1) is 4.47 Å². The molecule has 1 N–H and O–H groups in total. The molecule has 3 aromatic rings. The normalized spacial score (nSPS) is 11.6. The molecule has 0 fully saturated rings. The Labute approximate surface area is 143 Å². The van der Waals surface area contributed by atoms with Gasteiger partial charge in [-0.2, -0.15) is 0 Å². The molecule has 0 aliphatic rings. The third-order valence-corrected chi connectivity index (χ3v) is 4.20. The van der Waals surface area contributed by atoms with Crippen LogP contribution in [0.5, 0.6) is 5.75 Å². The Kier molecular flexibility index (Phi) is 4.97. The number of aliphatic hydroxyl groups excluding tert-OH is 1. The molecule has 114 valence electrons. The molecule has 3 aromatic carbocycles. The number of hydrogen-bond acceptors (Lipinski definition) is 2. The lowest BCUT2D eigenvalue weighted by molar-refractivity contribution is 0.151. The van der Waals surface area contributed by atoms with Crippen molar-refractivity contribution in [1.82, 2.24) is 0 Å². The zero-order chi connectivity index (χ0) is 16.1. The molecule has 0 heterocycles. The van der Waals surface area contributed by atoms with Crippen LogP contribution in [0.3, 0.4) is 0 Å². The van der Waals surface area contributed by atoms with Gasteiger partial charge in [0.2, 0.25) is 0 Å². The number of halogens is 1. The summed E-state index contributed by atoms with van der Waals surface area (Å²) in [6.45, 7) is 0.122. The summed E-state index contributed by atoms with van der Waals surface area (Å²) in [6, 6.07) is 21.5. The first-order chi connectivity index (χ1) is 11.2. The van der Waals surface area contributed by atoms with E-state index in [2.05, 4.69) is 27.8 Å². The fraction of sp³-hybridized carbons (Fsp3) is 0.100. The summed E-state index contributed by atoms with van der Waals surface area (Å²) >= 11 is 3.57. The van der Waals surface area contributed by atoms with E-state index in [4.69, 9.17) is 4.74 Å². The third-order valence-electron chi connectivity index (χ3n) is 3.38. The molecule has 3 heteroatoms. The van der Waals surface area contributed by atoms with E-state index >= 15 is 0 Å². The number of rotatable bonds is 3. The van der Waals surface area contributed by atoms with E-state index < -0.39 is 6.10 Å². The second-order valence-electron chi connectivity index (χ2n) is 5.06. The van der Waals surface area contributed by atoms with Crippen LogP contribution in [-0.2, 0) is 0 Å². The number of hydrogen-bond donors (Lipinski definition) is 1. The van der Waals surface area contributed by atoms with Crippen LogP contribution in [0.15, 0.2) is 71.2 Å². The van der Waals surface area contributed by atoms with Crippen LogP contribution < -0.4 is 4.74 Å². The summed E-state index contributed by atoms with van der Waals surface area (Å²) in [4.78, 5) is 0. The van der Waals surface area contributed by atoms with Gasteiger partial charge in [0.25, 0.3) is 0 Å². The van der Waals surface area contributed by atoms with Gasteiger partial charge in [-0.1, -0.05) is 60.4 Å². The maximum atomic E-state index is 9.96. The molecule has 3 rings (SSSR count). The summed E-state index contributed by atoms with van der Waals surface area (Å²) in [5.41, 5.74) is 0.874. The highest BCUT2D eigenvalue weighted by Gasteiger charge is 2.07. The fourth-order valence-electron chi connectivity index (χ4n) is 2.22. The maximum absolute atomic E-state index is 9.96. The van der Waals surface area contributed by atoms with Crippen molar-refractivity contribution < 1.29 is 9.84 Å². The molecule has 23 heavy (non-hydrogen) atoms. The molecule has 1 atom stereocenters. The molecule has 0 saturated heterocycles.